The Morgan fingerprint density at radius 1 is 1.00 bits per heavy atom. The van der Waals surface area contributed by atoms with Gasteiger partial charge in [0.1, 0.15) is 23.9 Å². The molecule has 0 spiro atoms. The predicted octanol–water partition coefficient (Wildman–Crippen LogP) is 3.91. The van der Waals surface area contributed by atoms with E-state index in [4.69, 9.17) is 19.3 Å². The van der Waals surface area contributed by atoms with E-state index >= 15 is 0 Å². The molecule has 0 radical (unpaired) electrons. The number of hydrogen-bond acceptors (Lipinski definition) is 6. The Balaban J connectivity index is 1.87. The third kappa shape index (κ3) is 6.42. The van der Waals surface area contributed by atoms with Crippen molar-refractivity contribution in [3.63, 3.8) is 0 Å². The summed E-state index contributed by atoms with van der Waals surface area (Å²) < 4.78 is 17.4. The first-order valence-electron chi connectivity index (χ1n) is 11.6. The zero-order chi connectivity index (χ0) is 26.3. The van der Waals surface area contributed by atoms with Gasteiger partial charge >= 0.3 is 0 Å². The lowest BCUT2D eigenvalue weighted by Gasteiger charge is -2.23. The van der Waals surface area contributed by atoms with E-state index in [-0.39, 0.29) is 36.9 Å². The van der Waals surface area contributed by atoms with E-state index in [0.717, 1.165) is 17.1 Å². The Labute approximate surface area is 212 Å². The number of amides is 2. The van der Waals surface area contributed by atoms with Crippen LogP contribution in [-0.4, -0.2) is 67.5 Å². The Kier molecular flexibility index (Phi) is 8.71. The van der Waals surface area contributed by atoms with Gasteiger partial charge in [-0.1, -0.05) is 32.9 Å². The first kappa shape index (κ1) is 26.7. The van der Waals surface area contributed by atoms with Crippen LogP contribution in [0.4, 0.5) is 5.82 Å². The maximum absolute atomic E-state index is 13.3. The topological polar surface area (TPSA) is 94.9 Å². The van der Waals surface area contributed by atoms with Crippen molar-refractivity contribution in [2.45, 2.75) is 26.2 Å². The van der Waals surface area contributed by atoms with E-state index in [2.05, 4.69) is 26.1 Å². The summed E-state index contributed by atoms with van der Waals surface area (Å²) in [4.78, 5) is 27.9. The molecule has 3 aromatic rings. The van der Waals surface area contributed by atoms with Crippen molar-refractivity contribution in [2.75, 3.05) is 46.3 Å². The zero-order valence-corrected chi connectivity index (χ0v) is 21.7. The van der Waals surface area contributed by atoms with Gasteiger partial charge in [0.2, 0.25) is 5.91 Å². The van der Waals surface area contributed by atoms with E-state index in [1.165, 1.54) is 12.0 Å². The molecule has 1 N–H and O–H groups in total. The zero-order valence-electron chi connectivity index (χ0n) is 21.7. The smallest absolute Gasteiger partial charge is 0.258 e. The second-order valence-corrected chi connectivity index (χ2v) is 9.24. The van der Waals surface area contributed by atoms with Crippen LogP contribution in [0.5, 0.6) is 11.5 Å². The van der Waals surface area contributed by atoms with Crippen LogP contribution in [0.15, 0.2) is 54.6 Å². The molecule has 0 atom stereocenters. The highest BCUT2D eigenvalue weighted by molar-refractivity contribution is 6.00. The van der Waals surface area contributed by atoms with Crippen LogP contribution >= 0.6 is 0 Å². The van der Waals surface area contributed by atoms with E-state index in [1.54, 1.807) is 43.2 Å². The lowest BCUT2D eigenvalue weighted by atomic mass is 9.92. The van der Waals surface area contributed by atoms with Crippen LogP contribution in [0, 0.1) is 0 Å². The van der Waals surface area contributed by atoms with Crippen LogP contribution in [0.1, 0.15) is 36.8 Å². The second-order valence-electron chi connectivity index (χ2n) is 9.24. The van der Waals surface area contributed by atoms with Crippen molar-refractivity contribution in [2.24, 2.45) is 0 Å². The third-order valence-corrected chi connectivity index (χ3v) is 5.59. The predicted molar refractivity (Wildman–Crippen MR) is 138 cm³/mol. The van der Waals surface area contributed by atoms with Gasteiger partial charge in [0.15, 0.2) is 0 Å². The third-order valence-electron chi connectivity index (χ3n) is 5.59. The van der Waals surface area contributed by atoms with Gasteiger partial charge in [0.25, 0.3) is 5.91 Å². The van der Waals surface area contributed by atoms with Gasteiger partial charge < -0.3 is 24.4 Å². The summed E-state index contributed by atoms with van der Waals surface area (Å²) >= 11 is 0. The summed E-state index contributed by atoms with van der Waals surface area (Å²) in [6.45, 7) is 6.52. The SMILES string of the molecule is COCCN(CC(=O)Nc1cc(C(C)(C)C)nn1-c1ccc(OC)cc1)C(=O)c1ccccc1OC. The second kappa shape index (κ2) is 11.7. The van der Waals surface area contributed by atoms with Crippen LogP contribution in [0.2, 0.25) is 0 Å². The number of nitrogens with zero attached hydrogens (tertiary/aromatic N) is 3. The molecule has 0 aliphatic rings. The molecule has 1 heterocycles. The van der Waals surface area contributed by atoms with E-state index in [0.29, 0.717) is 17.1 Å². The summed E-state index contributed by atoms with van der Waals surface area (Å²) in [7, 11) is 4.66. The molecule has 1 aromatic heterocycles. The molecule has 0 unspecified atom stereocenters. The molecule has 0 saturated carbocycles. The molecule has 0 bridgehead atoms. The van der Waals surface area contributed by atoms with Gasteiger partial charge in [-0.3, -0.25) is 9.59 Å². The molecule has 192 valence electrons. The van der Waals surface area contributed by atoms with Crippen molar-refractivity contribution in [3.8, 4) is 17.2 Å². The number of methoxy groups -OCH3 is 3. The molecule has 36 heavy (non-hydrogen) atoms. The summed E-state index contributed by atoms with van der Waals surface area (Å²) in [5, 5.41) is 7.67. The van der Waals surface area contributed by atoms with E-state index in [1.807, 2.05) is 30.3 Å². The van der Waals surface area contributed by atoms with Crippen LogP contribution in [-0.2, 0) is 14.9 Å². The Morgan fingerprint density at radius 2 is 1.69 bits per heavy atom. The van der Waals surface area contributed by atoms with E-state index in [9.17, 15) is 9.59 Å². The summed E-state index contributed by atoms with van der Waals surface area (Å²) in [5.41, 5.74) is 1.72. The molecule has 0 fully saturated rings. The number of aromatic nitrogens is 2. The molecule has 0 aliphatic heterocycles. The van der Waals surface area contributed by atoms with Crippen LogP contribution in [0.3, 0.4) is 0 Å². The fraction of sp³-hybridized carbons (Fsp3) is 0.370. The van der Waals surface area contributed by atoms with Crippen LogP contribution < -0.4 is 14.8 Å². The highest BCUT2D eigenvalue weighted by atomic mass is 16.5. The average molecular weight is 495 g/mol. The maximum Gasteiger partial charge on any atom is 0.258 e. The molecule has 2 amide bonds. The summed E-state index contributed by atoms with van der Waals surface area (Å²) in [5.74, 6) is 0.989. The van der Waals surface area contributed by atoms with Crippen molar-refractivity contribution in [1.82, 2.24) is 14.7 Å². The lowest BCUT2D eigenvalue weighted by molar-refractivity contribution is -0.117. The number of benzene rings is 2. The number of hydrogen-bond donors (Lipinski definition) is 1. The maximum atomic E-state index is 13.3. The van der Waals surface area contributed by atoms with Gasteiger partial charge in [-0.25, -0.2) is 4.68 Å². The Bertz CT molecular complexity index is 1180. The lowest BCUT2D eigenvalue weighted by Crippen LogP contribution is -2.40. The molecule has 3 rings (SSSR count). The van der Waals surface area contributed by atoms with Crippen molar-refractivity contribution in [3.05, 3.63) is 65.9 Å². The molecule has 0 saturated heterocycles. The van der Waals surface area contributed by atoms with Gasteiger partial charge in [-0.05, 0) is 36.4 Å². The minimum Gasteiger partial charge on any atom is -0.497 e. The summed E-state index contributed by atoms with van der Waals surface area (Å²) in [6, 6.07) is 16.2. The highest BCUT2D eigenvalue weighted by Gasteiger charge is 2.24. The number of ether oxygens (including phenoxy) is 3. The number of carbonyl (C=O) groups is 2. The number of carbonyl (C=O) groups excluding carboxylic acids is 2. The quantitative estimate of drug-likeness (QED) is 0.459. The molecule has 2 aromatic carbocycles. The van der Waals surface area contributed by atoms with E-state index < -0.39 is 0 Å². The minimum atomic E-state index is -0.357. The molecule has 9 heteroatoms. The highest BCUT2D eigenvalue weighted by Crippen LogP contribution is 2.27. The standard InChI is InChI=1S/C27H34N4O5/c1-27(2,3)23-17-24(31(29-23)19-11-13-20(35-5)14-12-19)28-25(32)18-30(15-16-34-4)26(33)21-9-7-8-10-22(21)36-6/h7-14,17H,15-16,18H2,1-6H3,(H,28,32). The van der Waals surface area contributed by atoms with Crippen molar-refractivity contribution in [1.29, 1.82) is 0 Å². The van der Waals surface area contributed by atoms with Crippen molar-refractivity contribution < 1.29 is 23.8 Å². The number of anilines is 1. The first-order chi connectivity index (χ1) is 17.2. The largest absolute Gasteiger partial charge is 0.497 e. The average Bonchev–Trinajstić information content (AvgIpc) is 3.30. The Hall–Kier alpha value is -3.85. The normalized spacial score (nSPS) is 11.2. The summed E-state index contributed by atoms with van der Waals surface area (Å²) in [6.07, 6.45) is 0. The van der Waals surface area contributed by atoms with Crippen LogP contribution in [0.25, 0.3) is 5.69 Å². The fourth-order valence-corrected chi connectivity index (χ4v) is 3.56. The van der Waals surface area contributed by atoms with Gasteiger partial charge in [0.05, 0.1) is 37.8 Å². The van der Waals surface area contributed by atoms with Crippen molar-refractivity contribution >= 4 is 17.6 Å². The molecule has 9 nitrogen and oxygen atoms in total. The molecule has 0 aliphatic carbocycles. The first-order valence-corrected chi connectivity index (χ1v) is 11.6. The number of nitrogens with one attached hydrogen (secondary N) is 1. The Morgan fingerprint density at radius 3 is 2.31 bits per heavy atom. The number of rotatable bonds is 10. The fourth-order valence-electron chi connectivity index (χ4n) is 3.56. The number of para-hydroxylation sites is 1. The molecular weight excluding hydrogens is 460 g/mol. The van der Waals surface area contributed by atoms with Gasteiger partial charge in [-0.15, -0.1) is 0 Å². The van der Waals surface area contributed by atoms with Gasteiger partial charge in [0, 0.05) is 25.1 Å². The molecular formula is C27H34N4O5. The monoisotopic (exact) mass is 494 g/mol. The minimum absolute atomic E-state index is 0.168. The van der Waals surface area contributed by atoms with Gasteiger partial charge in [-0.2, -0.15) is 5.10 Å².